The minimum atomic E-state index is -1.99. The molecule has 0 fully saturated rings. The van der Waals surface area contributed by atoms with E-state index in [9.17, 15) is 23.9 Å². The van der Waals surface area contributed by atoms with Crippen LogP contribution < -0.4 is 5.56 Å². The number of hydrogen-bond acceptors (Lipinski definition) is 9. The molecule has 1 aromatic carbocycles. The molecule has 0 spiro atoms. The smallest absolute Gasteiger partial charge is 0.458 e. The highest BCUT2D eigenvalue weighted by molar-refractivity contribution is 5.90. The molecular weight excluding hydrogens is 487 g/mol. The number of esters is 1. The fourth-order valence-corrected chi connectivity index (χ4v) is 5.07. The van der Waals surface area contributed by atoms with Crippen LogP contribution in [0.5, 0.6) is 0 Å². The first kappa shape index (κ1) is 24.8. The predicted molar refractivity (Wildman–Crippen MR) is 127 cm³/mol. The molecule has 0 bridgehead atoms. The van der Waals surface area contributed by atoms with Gasteiger partial charge in [-0.15, -0.1) is 0 Å². The van der Waals surface area contributed by atoms with Gasteiger partial charge in [0.15, 0.2) is 5.60 Å². The van der Waals surface area contributed by atoms with Gasteiger partial charge in [0.25, 0.3) is 5.56 Å². The number of aliphatic hydroxyl groups is 2. The number of ether oxygens (including phenoxy) is 3. The third-order valence-corrected chi connectivity index (χ3v) is 7.00. The molecule has 2 aromatic heterocycles. The van der Waals surface area contributed by atoms with E-state index in [1.807, 2.05) is 0 Å². The Morgan fingerprint density at radius 2 is 2.05 bits per heavy atom. The number of carbonyl (C=O) groups excluding carboxylic acids is 2. The van der Waals surface area contributed by atoms with Crippen molar-refractivity contribution in [2.75, 3.05) is 13.2 Å². The van der Waals surface area contributed by atoms with Crippen molar-refractivity contribution in [3.63, 3.8) is 0 Å². The summed E-state index contributed by atoms with van der Waals surface area (Å²) in [5, 5.41) is 20.5. The molecule has 2 aliphatic rings. The minimum absolute atomic E-state index is 0.00367. The largest absolute Gasteiger partial charge is 0.508 e. The molecule has 10 nitrogen and oxygen atoms in total. The molecule has 37 heavy (non-hydrogen) atoms. The van der Waals surface area contributed by atoms with Crippen molar-refractivity contribution in [2.24, 2.45) is 0 Å². The van der Waals surface area contributed by atoms with Crippen LogP contribution >= 0.6 is 0 Å². The van der Waals surface area contributed by atoms with Gasteiger partial charge in [-0.05, 0) is 38.0 Å². The standard InChI is InChI=1S/C26H25FN2O8/c1-4-26(34)17-8-20-22-15(10-29(20)23(31)16(17)11-36-24(26)32)21(13(3)37-25(33)35-6-5-30)14-7-12(2)18(27)9-19(14)28-22/h7-9,13,30,34H,4-6,10-11H2,1-3H3/t13-,26-/m0/s1. The lowest BCUT2D eigenvalue weighted by atomic mass is 9.86. The molecule has 2 N–H and O–H groups in total. The zero-order valence-corrected chi connectivity index (χ0v) is 20.5. The Morgan fingerprint density at radius 3 is 2.76 bits per heavy atom. The van der Waals surface area contributed by atoms with E-state index in [4.69, 9.17) is 19.3 Å². The van der Waals surface area contributed by atoms with E-state index in [-0.39, 0.29) is 49.4 Å². The summed E-state index contributed by atoms with van der Waals surface area (Å²) in [6, 6.07) is 4.43. The Balaban J connectivity index is 1.74. The highest BCUT2D eigenvalue weighted by Gasteiger charge is 2.45. The normalized spacial score (nSPS) is 18.6. The average Bonchev–Trinajstić information content (AvgIpc) is 3.23. The summed E-state index contributed by atoms with van der Waals surface area (Å²) in [4.78, 5) is 42.7. The SMILES string of the molecule is CC[C@@]1(O)C(=O)OCc2c1cc1n(c2=O)Cc2c-1nc1cc(F)c(C)cc1c2[C@H](C)OC(=O)OCCO. The van der Waals surface area contributed by atoms with E-state index in [1.165, 1.54) is 10.6 Å². The van der Waals surface area contributed by atoms with Crippen molar-refractivity contribution in [2.45, 2.75) is 52.0 Å². The highest BCUT2D eigenvalue weighted by atomic mass is 19.1. The van der Waals surface area contributed by atoms with Crippen LogP contribution in [0.4, 0.5) is 9.18 Å². The summed E-state index contributed by atoms with van der Waals surface area (Å²) in [5.41, 5.74) is 0.324. The van der Waals surface area contributed by atoms with Gasteiger partial charge in [0.1, 0.15) is 25.1 Å². The number of aliphatic hydroxyl groups excluding tert-OH is 1. The first-order valence-corrected chi connectivity index (χ1v) is 11.8. The Hall–Kier alpha value is -3.83. The maximum absolute atomic E-state index is 14.5. The summed E-state index contributed by atoms with van der Waals surface area (Å²) < 4.78 is 31.4. The summed E-state index contributed by atoms with van der Waals surface area (Å²) in [5.74, 6) is -1.32. The van der Waals surface area contributed by atoms with Gasteiger partial charge in [-0.3, -0.25) is 4.79 Å². The van der Waals surface area contributed by atoms with Crippen LogP contribution in [0.3, 0.4) is 0 Å². The van der Waals surface area contributed by atoms with Gasteiger partial charge in [0.05, 0.1) is 35.6 Å². The number of pyridine rings is 2. The number of benzene rings is 1. The lowest BCUT2D eigenvalue weighted by molar-refractivity contribution is -0.172. The lowest BCUT2D eigenvalue weighted by Crippen LogP contribution is -2.44. The molecule has 0 aliphatic carbocycles. The van der Waals surface area contributed by atoms with E-state index < -0.39 is 35.2 Å². The van der Waals surface area contributed by atoms with Gasteiger partial charge < -0.3 is 29.0 Å². The highest BCUT2D eigenvalue weighted by Crippen LogP contribution is 2.42. The molecule has 11 heteroatoms. The van der Waals surface area contributed by atoms with Crippen molar-refractivity contribution >= 4 is 23.0 Å². The van der Waals surface area contributed by atoms with Gasteiger partial charge >= 0.3 is 12.1 Å². The Morgan fingerprint density at radius 1 is 1.30 bits per heavy atom. The van der Waals surface area contributed by atoms with E-state index in [2.05, 4.69) is 4.98 Å². The molecule has 0 amide bonds. The van der Waals surface area contributed by atoms with Gasteiger partial charge in [0, 0.05) is 28.1 Å². The minimum Gasteiger partial charge on any atom is -0.458 e. The van der Waals surface area contributed by atoms with Crippen molar-refractivity contribution in [3.8, 4) is 11.4 Å². The molecule has 5 rings (SSSR count). The number of hydrogen-bond donors (Lipinski definition) is 2. The average molecular weight is 512 g/mol. The molecule has 0 saturated carbocycles. The Bertz CT molecular complexity index is 1530. The molecule has 3 aromatic rings. The van der Waals surface area contributed by atoms with Crippen LogP contribution in [0, 0.1) is 12.7 Å². The lowest BCUT2D eigenvalue weighted by Gasteiger charge is -2.31. The van der Waals surface area contributed by atoms with Crippen LogP contribution in [0.25, 0.3) is 22.3 Å². The van der Waals surface area contributed by atoms with Gasteiger partial charge in [-0.25, -0.2) is 19.0 Å². The van der Waals surface area contributed by atoms with Crippen LogP contribution in [0.15, 0.2) is 23.0 Å². The van der Waals surface area contributed by atoms with Crippen LogP contribution in [0.1, 0.15) is 54.2 Å². The maximum atomic E-state index is 14.5. The quantitative estimate of drug-likeness (QED) is 0.387. The van der Waals surface area contributed by atoms with E-state index in [1.54, 1.807) is 32.9 Å². The number of rotatable bonds is 5. The van der Waals surface area contributed by atoms with Crippen molar-refractivity contribution in [1.29, 1.82) is 0 Å². The van der Waals surface area contributed by atoms with Gasteiger partial charge in [-0.2, -0.15) is 0 Å². The number of fused-ring (bicyclic) bond motifs is 5. The molecule has 0 radical (unpaired) electrons. The molecular formula is C26H25FN2O8. The number of halogens is 1. The second kappa shape index (κ2) is 8.93. The fraction of sp³-hybridized carbons (Fsp3) is 0.385. The summed E-state index contributed by atoms with van der Waals surface area (Å²) >= 11 is 0. The number of aryl methyl sites for hydroxylation is 1. The van der Waals surface area contributed by atoms with Crippen molar-refractivity contribution in [3.05, 3.63) is 62.2 Å². The summed E-state index contributed by atoms with van der Waals surface area (Å²) in [6.45, 7) is 4.03. The zero-order valence-electron chi connectivity index (χ0n) is 20.5. The third kappa shape index (κ3) is 3.77. The monoisotopic (exact) mass is 512 g/mol. The van der Waals surface area contributed by atoms with Gasteiger partial charge in [-0.1, -0.05) is 6.92 Å². The third-order valence-electron chi connectivity index (χ3n) is 7.00. The molecule has 0 saturated heterocycles. The summed E-state index contributed by atoms with van der Waals surface area (Å²) in [6.07, 6.45) is -1.88. The van der Waals surface area contributed by atoms with Crippen molar-refractivity contribution < 1.29 is 38.4 Å². The predicted octanol–water partition coefficient (Wildman–Crippen LogP) is 2.73. The van der Waals surface area contributed by atoms with Crippen LogP contribution in [-0.2, 0) is 37.8 Å². The number of nitrogens with zero attached hydrogens (tertiary/aromatic N) is 2. The van der Waals surface area contributed by atoms with E-state index in [0.717, 1.165) is 0 Å². The Kier molecular flexibility index (Phi) is 5.99. The van der Waals surface area contributed by atoms with E-state index >= 15 is 0 Å². The van der Waals surface area contributed by atoms with Crippen LogP contribution in [0.2, 0.25) is 0 Å². The first-order valence-electron chi connectivity index (χ1n) is 11.8. The summed E-state index contributed by atoms with van der Waals surface area (Å²) in [7, 11) is 0. The fourth-order valence-electron chi connectivity index (χ4n) is 5.07. The number of aromatic nitrogens is 2. The first-order chi connectivity index (χ1) is 17.6. The molecule has 194 valence electrons. The molecule has 2 atom stereocenters. The zero-order chi connectivity index (χ0) is 26.6. The number of carbonyl (C=O) groups is 2. The van der Waals surface area contributed by atoms with Crippen LogP contribution in [-0.4, -0.2) is 45.1 Å². The second-order valence-electron chi connectivity index (χ2n) is 9.16. The topological polar surface area (TPSA) is 137 Å². The molecule has 2 aliphatic heterocycles. The Labute approximate surface area is 210 Å². The maximum Gasteiger partial charge on any atom is 0.508 e. The van der Waals surface area contributed by atoms with Gasteiger partial charge in [0.2, 0.25) is 0 Å². The molecule has 0 unspecified atom stereocenters. The van der Waals surface area contributed by atoms with Crippen molar-refractivity contribution in [1.82, 2.24) is 9.55 Å². The molecule has 4 heterocycles. The van der Waals surface area contributed by atoms with E-state index in [0.29, 0.717) is 33.5 Å². The number of cyclic esters (lactones) is 1. The second-order valence-corrected chi connectivity index (χ2v) is 9.16.